The minimum Gasteiger partial charge on any atom is -0.500 e. The van der Waals surface area contributed by atoms with E-state index in [0.717, 1.165) is 28.2 Å². The highest BCUT2D eigenvalue weighted by Crippen LogP contribution is 2.50. The Bertz CT molecular complexity index is 1080. The Morgan fingerprint density at radius 3 is 1.84 bits per heavy atom. The van der Waals surface area contributed by atoms with E-state index in [2.05, 4.69) is 71.0 Å². The van der Waals surface area contributed by atoms with E-state index in [0.29, 0.717) is 12.0 Å². The molecule has 0 aliphatic heterocycles. The molecule has 0 bridgehead atoms. The van der Waals surface area contributed by atoms with Crippen LogP contribution in [0.2, 0.25) is 0 Å². The molecule has 2 atom stereocenters. The van der Waals surface area contributed by atoms with Crippen molar-refractivity contribution in [2.24, 2.45) is 11.1 Å². The predicted octanol–water partition coefficient (Wildman–Crippen LogP) is 6.29. The number of carbonyl (C=O) groups excluding carboxylic acids is 1. The number of carbonyl (C=O) groups is 1. The van der Waals surface area contributed by atoms with Crippen LogP contribution in [-0.4, -0.2) is 25.7 Å². The standard InChI is InChI=1S/C28H35NO3/c1-15-10-17(3)23(18(4)11-15)25-22(14-21(7)29-32-9)27(30)26(28(25)31-8)24-19(5)12-16(2)13-20(24)6/h10-13,22,25H,14H2,1-9H3. The number of ether oxygens (including phenoxy) is 1. The first-order valence-electron chi connectivity index (χ1n) is 11.2. The lowest BCUT2D eigenvalue weighted by Gasteiger charge is -2.25. The summed E-state index contributed by atoms with van der Waals surface area (Å²) >= 11 is 0. The molecule has 32 heavy (non-hydrogen) atoms. The molecule has 2 aromatic carbocycles. The van der Waals surface area contributed by atoms with Crippen LogP contribution < -0.4 is 0 Å². The van der Waals surface area contributed by atoms with Crippen molar-refractivity contribution in [3.8, 4) is 0 Å². The van der Waals surface area contributed by atoms with Gasteiger partial charge in [-0.2, -0.15) is 0 Å². The Hall–Kier alpha value is -2.88. The van der Waals surface area contributed by atoms with Gasteiger partial charge in [0.2, 0.25) is 0 Å². The first kappa shape index (κ1) is 23.8. The third kappa shape index (κ3) is 4.23. The van der Waals surface area contributed by atoms with Crippen LogP contribution in [0.5, 0.6) is 0 Å². The highest BCUT2D eigenvalue weighted by molar-refractivity contribution is 6.26. The smallest absolute Gasteiger partial charge is 0.171 e. The summed E-state index contributed by atoms with van der Waals surface area (Å²) in [5, 5.41) is 4.11. The van der Waals surface area contributed by atoms with Gasteiger partial charge in [-0.3, -0.25) is 4.79 Å². The van der Waals surface area contributed by atoms with Crippen molar-refractivity contribution in [3.05, 3.63) is 74.5 Å². The molecule has 0 amide bonds. The molecule has 0 heterocycles. The predicted molar refractivity (Wildman–Crippen MR) is 131 cm³/mol. The Balaban J connectivity index is 2.32. The third-order valence-corrected chi connectivity index (χ3v) is 6.47. The van der Waals surface area contributed by atoms with Crippen molar-refractivity contribution in [1.29, 1.82) is 0 Å². The zero-order valence-corrected chi connectivity index (χ0v) is 20.8. The van der Waals surface area contributed by atoms with Crippen LogP contribution in [0, 0.1) is 47.5 Å². The van der Waals surface area contributed by atoms with Crippen LogP contribution >= 0.6 is 0 Å². The number of aryl methyl sites for hydroxylation is 6. The number of hydrogen-bond donors (Lipinski definition) is 0. The SMILES string of the molecule is CON=C(C)CC1C(=O)C(c2c(C)cc(C)cc2C)=C(OC)C1c1c(C)cc(C)cc1C. The molecule has 0 spiro atoms. The van der Waals surface area contributed by atoms with E-state index in [1.165, 1.54) is 34.9 Å². The molecule has 4 heteroatoms. The average molecular weight is 434 g/mol. The van der Waals surface area contributed by atoms with Crippen LogP contribution in [0.4, 0.5) is 0 Å². The number of Topliss-reactive ketones (excluding diaryl/α,β-unsaturated/α-hetero) is 1. The minimum absolute atomic E-state index is 0.118. The molecule has 0 saturated carbocycles. The summed E-state index contributed by atoms with van der Waals surface area (Å²) in [7, 11) is 3.22. The summed E-state index contributed by atoms with van der Waals surface area (Å²) < 4.78 is 6.06. The van der Waals surface area contributed by atoms with Gasteiger partial charge < -0.3 is 9.57 Å². The molecule has 2 unspecified atom stereocenters. The maximum Gasteiger partial charge on any atom is 0.171 e. The third-order valence-electron chi connectivity index (χ3n) is 6.47. The molecule has 0 radical (unpaired) electrons. The highest BCUT2D eigenvalue weighted by Gasteiger charge is 2.46. The van der Waals surface area contributed by atoms with Crippen molar-refractivity contribution in [3.63, 3.8) is 0 Å². The second-order valence-corrected chi connectivity index (χ2v) is 9.19. The molecule has 3 rings (SSSR count). The van der Waals surface area contributed by atoms with Gasteiger partial charge in [0.25, 0.3) is 0 Å². The molecule has 0 fully saturated rings. The fraction of sp³-hybridized carbons (Fsp3) is 0.429. The van der Waals surface area contributed by atoms with Crippen LogP contribution in [0.1, 0.15) is 63.8 Å². The summed E-state index contributed by atoms with van der Waals surface area (Å²) in [6.07, 6.45) is 0.518. The number of benzene rings is 2. The van der Waals surface area contributed by atoms with Crippen LogP contribution in [-0.2, 0) is 14.4 Å². The van der Waals surface area contributed by atoms with Crippen molar-refractivity contribution in [1.82, 2.24) is 0 Å². The highest BCUT2D eigenvalue weighted by atomic mass is 16.6. The van der Waals surface area contributed by atoms with Crippen molar-refractivity contribution >= 4 is 17.1 Å². The number of methoxy groups -OCH3 is 1. The monoisotopic (exact) mass is 433 g/mol. The van der Waals surface area contributed by atoms with E-state index >= 15 is 0 Å². The van der Waals surface area contributed by atoms with Gasteiger partial charge in [-0.1, -0.05) is 40.5 Å². The van der Waals surface area contributed by atoms with E-state index in [9.17, 15) is 4.79 Å². The second-order valence-electron chi connectivity index (χ2n) is 9.19. The van der Waals surface area contributed by atoms with Crippen molar-refractivity contribution < 1.29 is 14.4 Å². The van der Waals surface area contributed by atoms with Gasteiger partial charge in [-0.15, -0.1) is 0 Å². The van der Waals surface area contributed by atoms with Gasteiger partial charge in [0.05, 0.1) is 24.3 Å². The minimum atomic E-state index is -0.293. The number of oxime groups is 1. The Labute approximate surface area is 192 Å². The molecule has 1 aliphatic carbocycles. The molecular weight excluding hydrogens is 398 g/mol. The lowest BCUT2D eigenvalue weighted by Crippen LogP contribution is -2.21. The lowest BCUT2D eigenvalue weighted by atomic mass is 9.79. The maximum atomic E-state index is 14.0. The maximum absolute atomic E-state index is 14.0. The van der Waals surface area contributed by atoms with Gasteiger partial charge in [0.1, 0.15) is 12.9 Å². The Kier molecular flexibility index (Phi) is 6.92. The molecule has 0 N–H and O–H groups in total. The zero-order chi connectivity index (χ0) is 23.7. The van der Waals surface area contributed by atoms with Gasteiger partial charge >= 0.3 is 0 Å². The fourth-order valence-corrected chi connectivity index (χ4v) is 5.58. The van der Waals surface area contributed by atoms with Crippen LogP contribution in [0.15, 0.2) is 35.2 Å². The first-order valence-corrected chi connectivity index (χ1v) is 11.2. The fourth-order valence-electron chi connectivity index (χ4n) is 5.58. The molecule has 4 nitrogen and oxygen atoms in total. The van der Waals surface area contributed by atoms with E-state index in [1.54, 1.807) is 7.11 Å². The number of rotatable bonds is 6. The van der Waals surface area contributed by atoms with Crippen molar-refractivity contribution in [2.45, 2.75) is 60.8 Å². The summed E-state index contributed by atoms with van der Waals surface area (Å²) in [4.78, 5) is 19.0. The lowest BCUT2D eigenvalue weighted by molar-refractivity contribution is -0.116. The molecule has 1 aliphatic rings. The van der Waals surface area contributed by atoms with Crippen LogP contribution in [0.3, 0.4) is 0 Å². The molecular formula is C28H35NO3. The summed E-state index contributed by atoms with van der Waals surface area (Å²) in [5.74, 6) is 0.423. The average Bonchev–Trinajstić information content (AvgIpc) is 2.92. The largest absolute Gasteiger partial charge is 0.500 e. The van der Waals surface area contributed by atoms with Gasteiger partial charge in [0, 0.05) is 5.92 Å². The van der Waals surface area contributed by atoms with Crippen LogP contribution in [0.25, 0.3) is 5.57 Å². The Morgan fingerprint density at radius 1 is 0.875 bits per heavy atom. The van der Waals surface area contributed by atoms with E-state index in [4.69, 9.17) is 9.57 Å². The van der Waals surface area contributed by atoms with E-state index < -0.39 is 0 Å². The number of allylic oxidation sites excluding steroid dienone is 2. The molecule has 0 saturated heterocycles. The first-order chi connectivity index (χ1) is 15.1. The van der Waals surface area contributed by atoms with Crippen molar-refractivity contribution in [2.75, 3.05) is 14.2 Å². The van der Waals surface area contributed by atoms with Gasteiger partial charge in [-0.25, -0.2) is 0 Å². The second kappa shape index (κ2) is 9.32. The summed E-state index contributed by atoms with van der Waals surface area (Å²) in [6, 6.07) is 8.65. The quantitative estimate of drug-likeness (QED) is 0.397. The number of hydrogen-bond acceptors (Lipinski definition) is 4. The van der Waals surface area contributed by atoms with Gasteiger partial charge in [-0.05, 0) is 88.3 Å². The molecule has 0 aromatic heterocycles. The number of nitrogens with zero attached hydrogens (tertiary/aromatic N) is 1. The summed E-state index contributed by atoms with van der Waals surface area (Å²) in [6.45, 7) is 14.5. The molecule has 170 valence electrons. The van der Waals surface area contributed by atoms with E-state index in [1.807, 2.05) is 6.92 Å². The topological polar surface area (TPSA) is 47.9 Å². The zero-order valence-electron chi connectivity index (χ0n) is 20.8. The number of ketones is 1. The normalized spacial score (nSPS) is 19.0. The Morgan fingerprint density at radius 2 is 1.38 bits per heavy atom. The summed E-state index contributed by atoms with van der Waals surface area (Å²) in [5.41, 5.74) is 10.6. The van der Waals surface area contributed by atoms with Gasteiger partial charge in [0.15, 0.2) is 5.78 Å². The molecule has 2 aromatic rings. The van der Waals surface area contributed by atoms with E-state index in [-0.39, 0.29) is 17.6 Å².